The van der Waals surface area contributed by atoms with E-state index in [-0.39, 0.29) is 0 Å². The van der Waals surface area contributed by atoms with Crippen LogP contribution in [0.15, 0.2) is 42.0 Å². The monoisotopic (exact) mass is 170 g/mol. The van der Waals surface area contributed by atoms with Gasteiger partial charge < -0.3 is 0 Å². The number of rotatable bonds is 1. The molecule has 1 saturated carbocycles. The van der Waals surface area contributed by atoms with Crippen molar-refractivity contribution in [2.75, 3.05) is 0 Å². The van der Waals surface area contributed by atoms with Crippen LogP contribution >= 0.6 is 0 Å². The maximum Gasteiger partial charge on any atom is -0.00904 e. The van der Waals surface area contributed by atoms with E-state index in [1.54, 1.807) is 11.1 Å². The lowest BCUT2D eigenvalue weighted by Crippen LogP contribution is -2.05. The topological polar surface area (TPSA) is 0 Å². The molecule has 2 aliphatic carbocycles. The third kappa shape index (κ3) is 1.13. The molecule has 0 saturated heterocycles. The van der Waals surface area contributed by atoms with E-state index in [1.165, 1.54) is 19.3 Å². The van der Waals surface area contributed by atoms with E-state index in [4.69, 9.17) is 0 Å². The molecule has 0 spiro atoms. The molecule has 0 N–H and O–H groups in total. The van der Waals surface area contributed by atoms with Gasteiger partial charge in [0.2, 0.25) is 0 Å². The molecule has 0 heteroatoms. The van der Waals surface area contributed by atoms with Gasteiger partial charge in [-0.25, -0.2) is 0 Å². The Balaban J connectivity index is 1.92. The van der Waals surface area contributed by atoms with E-state index in [1.807, 2.05) is 0 Å². The highest BCUT2D eigenvalue weighted by molar-refractivity contribution is 5.30. The van der Waals surface area contributed by atoms with Crippen molar-refractivity contribution >= 4 is 0 Å². The molecule has 13 heavy (non-hydrogen) atoms. The number of benzene rings is 1. The van der Waals surface area contributed by atoms with Gasteiger partial charge in [0, 0.05) is 0 Å². The quantitative estimate of drug-likeness (QED) is 0.566. The fourth-order valence-corrected chi connectivity index (χ4v) is 2.83. The second-order valence-electron chi connectivity index (χ2n) is 4.28. The molecule has 0 heterocycles. The van der Waals surface area contributed by atoms with E-state index in [2.05, 4.69) is 36.4 Å². The zero-order valence-electron chi connectivity index (χ0n) is 7.74. The summed E-state index contributed by atoms with van der Waals surface area (Å²) >= 11 is 0. The largest absolute Gasteiger partial charge is 0.0850 e. The smallest absolute Gasteiger partial charge is 0.00904 e. The van der Waals surface area contributed by atoms with Crippen molar-refractivity contribution in [3.8, 4) is 0 Å². The summed E-state index contributed by atoms with van der Waals surface area (Å²) in [6.07, 6.45) is 6.48. The van der Waals surface area contributed by atoms with Gasteiger partial charge in [-0.05, 0) is 36.7 Å². The van der Waals surface area contributed by atoms with Crippen molar-refractivity contribution in [2.24, 2.45) is 5.92 Å². The summed E-state index contributed by atoms with van der Waals surface area (Å²) in [4.78, 5) is 0. The molecule has 2 bridgehead atoms. The summed E-state index contributed by atoms with van der Waals surface area (Å²) in [6, 6.07) is 11.0. The van der Waals surface area contributed by atoms with Gasteiger partial charge in [0.15, 0.2) is 0 Å². The third-order valence-electron chi connectivity index (χ3n) is 3.51. The first-order chi connectivity index (χ1) is 6.43. The van der Waals surface area contributed by atoms with Crippen LogP contribution in [-0.2, 0) is 0 Å². The fourth-order valence-electron chi connectivity index (χ4n) is 2.83. The molecular formula is C13H14. The van der Waals surface area contributed by atoms with E-state index in [9.17, 15) is 0 Å². The van der Waals surface area contributed by atoms with Gasteiger partial charge in [-0.2, -0.15) is 0 Å². The van der Waals surface area contributed by atoms with Crippen LogP contribution < -0.4 is 0 Å². The number of allylic oxidation sites excluding steroid dienone is 2. The first kappa shape index (κ1) is 7.37. The molecule has 0 aromatic heterocycles. The first-order valence-corrected chi connectivity index (χ1v) is 5.16. The molecule has 1 aromatic rings. The predicted molar refractivity (Wildman–Crippen MR) is 54.6 cm³/mol. The second-order valence-corrected chi connectivity index (χ2v) is 4.28. The molecular weight excluding hydrogens is 156 g/mol. The van der Waals surface area contributed by atoms with Crippen LogP contribution in [0.3, 0.4) is 0 Å². The standard InChI is InChI=1S/C13H14/c1-2-4-11(5-3-1)13-9-10-6-7-12(13)8-10/h1-6,12-13H,7-9H2. The minimum absolute atomic E-state index is 0.834. The molecule has 1 aromatic carbocycles. The maximum absolute atomic E-state index is 2.45. The number of fused-ring (bicyclic) bond motifs is 2. The maximum atomic E-state index is 2.45. The molecule has 2 atom stereocenters. The van der Waals surface area contributed by atoms with Crippen molar-refractivity contribution in [2.45, 2.75) is 25.2 Å². The molecule has 0 nitrogen and oxygen atoms in total. The SMILES string of the molecule is C1=C2CC(C1)C(c1ccccc1)C2. The highest BCUT2D eigenvalue weighted by atomic mass is 14.4. The Bertz CT molecular complexity index is 334. The average Bonchev–Trinajstić information content (AvgIpc) is 2.80. The lowest BCUT2D eigenvalue weighted by Gasteiger charge is -2.18. The zero-order valence-corrected chi connectivity index (χ0v) is 7.74. The number of hydrogen-bond acceptors (Lipinski definition) is 0. The lowest BCUT2D eigenvalue weighted by molar-refractivity contribution is 0.496. The van der Waals surface area contributed by atoms with E-state index < -0.39 is 0 Å². The lowest BCUT2D eigenvalue weighted by atomic mass is 9.86. The zero-order chi connectivity index (χ0) is 8.67. The van der Waals surface area contributed by atoms with Crippen LogP contribution in [0.4, 0.5) is 0 Å². The van der Waals surface area contributed by atoms with Crippen LogP contribution in [0.2, 0.25) is 0 Å². The molecule has 0 radical (unpaired) electrons. The Morgan fingerprint density at radius 1 is 1.00 bits per heavy atom. The van der Waals surface area contributed by atoms with Gasteiger partial charge in [-0.3, -0.25) is 0 Å². The van der Waals surface area contributed by atoms with Crippen molar-refractivity contribution in [1.29, 1.82) is 0 Å². The Kier molecular flexibility index (Phi) is 1.55. The van der Waals surface area contributed by atoms with Crippen molar-refractivity contribution in [3.63, 3.8) is 0 Å². The highest BCUT2D eigenvalue weighted by Gasteiger charge is 2.34. The van der Waals surface area contributed by atoms with Crippen LogP contribution in [-0.4, -0.2) is 0 Å². The third-order valence-corrected chi connectivity index (χ3v) is 3.51. The van der Waals surface area contributed by atoms with Crippen LogP contribution in [0, 0.1) is 5.92 Å². The summed E-state index contributed by atoms with van der Waals surface area (Å²) in [5, 5.41) is 0. The van der Waals surface area contributed by atoms with E-state index in [0.717, 1.165) is 11.8 Å². The molecule has 66 valence electrons. The minimum Gasteiger partial charge on any atom is -0.0850 e. The van der Waals surface area contributed by atoms with Crippen molar-refractivity contribution in [3.05, 3.63) is 47.5 Å². The van der Waals surface area contributed by atoms with Gasteiger partial charge in [-0.15, -0.1) is 0 Å². The first-order valence-electron chi connectivity index (χ1n) is 5.16. The Morgan fingerprint density at radius 2 is 1.85 bits per heavy atom. The average molecular weight is 170 g/mol. The van der Waals surface area contributed by atoms with Crippen molar-refractivity contribution in [1.82, 2.24) is 0 Å². The Hall–Kier alpha value is -1.04. The summed E-state index contributed by atoms with van der Waals surface area (Å²) < 4.78 is 0. The Morgan fingerprint density at radius 3 is 2.46 bits per heavy atom. The van der Waals surface area contributed by atoms with Gasteiger partial charge in [0.25, 0.3) is 0 Å². The van der Waals surface area contributed by atoms with Gasteiger partial charge in [0.05, 0.1) is 0 Å². The van der Waals surface area contributed by atoms with Crippen LogP contribution in [0.25, 0.3) is 0 Å². The second kappa shape index (κ2) is 2.73. The predicted octanol–water partition coefficient (Wildman–Crippen LogP) is 3.51. The van der Waals surface area contributed by atoms with Crippen molar-refractivity contribution < 1.29 is 0 Å². The van der Waals surface area contributed by atoms with Crippen LogP contribution in [0.1, 0.15) is 30.7 Å². The molecule has 3 rings (SSSR count). The Labute approximate surface area is 79.3 Å². The normalized spacial score (nSPS) is 30.6. The highest BCUT2D eigenvalue weighted by Crippen LogP contribution is 2.49. The summed E-state index contributed by atoms with van der Waals surface area (Å²) in [5.41, 5.74) is 3.26. The summed E-state index contributed by atoms with van der Waals surface area (Å²) in [7, 11) is 0. The molecule has 1 fully saturated rings. The molecule has 0 aliphatic heterocycles. The summed E-state index contributed by atoms with van der Waals surface area (Å²) in [5.74, 6) is 1.76. The van der Waals surface area contributed by atoms with Gasteiger partial charge in [0.1, 0.15) is 0 Å². The minimum atomic E-state index is 0.834. The fraction of sp³-hybridized carbons (Fsp3) is 0.385. The van der Waals surface area contributed by atoms with E-state index >= 15 is 0 Å². The molecule has 2 unspecified atom stereocenters. The number of hydrogen-bond donors (Lipinski definition) is 0. The van der Waals surface area contributed by atoms with Gasteiger partial charge >= 0.3 is 0 Å². The molecule has 2 aliphatic rings. The molecule has 0 amide bonds. The summed E-state index contributed by atoms with van der Waals surface area (Å²) in [6.45, 7) is 0. The van der Waals surface area contributed by atoms with Gasteiger partial charge in [-0.1, -0.05) is 42.0 Å². The van der Waals surface area contributed by atoms with E-state index in [0.29, 0.717) is 0 Å². The van der Waals surface area contributed by atoms with Crippen LogP contribution in [0.5, 0.6) is 0 Å².